The van der Waals surface area contributed by atoms with Gasteiger partial charge in [-0.1, -0.05) is 6.07 Å². The van der Waals surface area contributed by atoms with Gasteiger partial charge in [-0.2, -0.15) is 0 Å². The zero-order valence-corrected chi connectivity index (χ0v) is 18.7. The largest absolute Gasteiger partial charge is 0.383 e. The summed E-state index contributed by atoms with van der Waals surface area (Å²) >= 11 is 0. The van der Waals surface area contributed by atoms with Crippen LogP contribution in [0.15, 0.2) is 48.9 Å². The van der Waals surface area contributed by atoms with Gasteiger partial charge in [-0.15, -0.1) is 0 Å². The van der Waals surface area contributed by atoms with E-state index in [-0.39, 0.29) is 23.3 Å². The molecular formula is C24H22F2N6O2. The molecule has 10 heteroatoms. The Kier molecular flexibility index (Phi) is 5.97. The molecule has 8 nitrogen and oxygen atoms in total. The van der Waals surface area contributed by atoms with E-state index in [1.165, 1.54) is 12.4 Å². The number of nitrogens with two attached hydrogens (primary N) is 1. The Hall–Kier alpha value is -4.34. The third kappa shape index (κ3) is 4.42. The minimum absolute atomic E-state index is 0.0313. The topological polar surface area (TPSA) is 115 Å². The molecule has 0 saturated heterocycles. The van der Waals surface area contributed by atoms with Crippen LogP contribution in [0.5, 0.6) is 0 Å². The maximum Gasteiger partial charge on any atom is 0.323 e. The number of aromatic nitrogens is 3. The summed E-state index contributed by atoms with van der Waals surface area (Å²) in [6.07, 6.45) is 3.05. The van der Waals surface area contributed by atoms with Crippen LogP contribution >= 0.6 is 0 Å². The zero-order chi connectivity index (χ0) is 24.6. The Morgan fingerprint density at radius 2 is 1.65 bits per heavy atom. The Bertz CT molecular complexity index is 1410. The second kappa shape index (κ2) is 8.89. The lowest BCUT2D eigenvalue weighted by Crippen LogP contribution is -2.20. The summed E-state index contributed by atoms with van der Waals surface area (Å²) in [7, 11) is 0. The molecule has 0 unspecified atom stereocenters. The number of nitrogen functional groups attached to an aromatic ring is 1. The van der Waals surface area contributed by atoms with Gasteiger partial charge in [-0.25, -0.2) is 23.5 Å². The third-order valence-corrected chi connectivity index (χ3v) is 5.30. The summed E-state index contributed by atoms with van der Waals surface area (Å²) in [6, 6.07) is 6.83. The van der Waals surface area contributed by atoms with Gasteiger partial charge >= 0.3 is 6.03 Å². The quantitative estimate of drug-likeness (QED) is 0.357. The Morgan fingerprint density at radius 1 is 0.971 bits per heavy atom. The van der Waals surface area contributed by atoms with Gasteiger partial charge in [0.15, 0.2) is 5.78 Å². The number of fused-ring (bicyclic) bond motifs is 1. The summed E-state index contributed by atoms with van der Waals surface area (Å²) in [6.45, 7) is 5.70. The first-order chi connectivity index (χ1) is 16.1. The number of hydrogen-bond donors (Lipinski definition) is 3. The number of rotatable bonds is 5. The molecule has 2 aromatic heterocycles. The molecule has 0 saturated carbocycles. The lowest BCUT2D eigenvalue weighted by atomic mass is 9.98. The van der Waals surface area contributed by atoms with Gasteiger partial charge in [-0.3, -0.25) is 4.79 Å². The van der Waals surface area contributed by atoms with Crippen LogP contribution in [0.1, 0.15) is 41.4 Å². The fourth-order valence-corrected chi connectivity index (χ4v) is 3.68. The molecule has 34 heavy (non-hydrogen) atoms. The predicted molar refractivity (Wildman–Crippen MR) is 126 cm³/mol. The number of benzene rings is 2. The summed E-state index contributed by atoms with van der Waals surface area (Å²) < 4.78 is 28.6. The van der Waals surface area contributed by atoms with Crippen molar-refractivity contribution in [2.45, 2.75) is 26.8 Å². The number of anilines is 3. The lowest BCUT2D eigenvalue weighted by molar-refractivity contribution is 0.103. The van der Waals surface area contributed by atoms with Crippen molar-refractivity contribution in [2.75, 3.05) is 16.4 Å². The van der Waals surface area contributed by atoms with Crippen LogP contribution in [0.3, 0.4) is 0 Å². The summed E-state index contributed by atoms with van der Waals surface area (Å²) in [4.78, 5) is 34.2. The van der Waals surface area contributed by atoms with E-state index in [1.807, 2.05) is 18.4 Å². The van der Waals surface area contributed by atoms with Crippen molar-refractivity contribution in [3.63, 3.8) is 0 Å². The van der Waals surface area contributed by atoms with Gasteiger partial charge in [0, 0.05) is 35.2 Å². The van der Waals surface area contributed by atoms with Crippen molar-refractivity contribution >= 4 is 40.0 Å². The molecule has 0 fully saturated rings. The molecule has 0 spiro atoms. The lowest BCUT2D eigenvalue weighted by Gasteiger charge is -2.11. The second-order valence-corrected chi connectivity index (χ2v) is 8.10. The minimum Gasteiger partial charge on any atom is -0.383 e. The first-order valence-corrected chi connectivity index (χ1v) is 10.4. The highest BCUT2D eigenvalue weighted by Gasteiger charge is 2.22. The van der Waals surface area contributed by atoms with Gasteiger partial charge < -0.3 is 20.9 Å². The molecular weight excluding hydrogens is 442 g/mol. The molecule has 0 aliphatic heterocycles. The zero-order valence-electron chi connectivity index (χ0n) is 18.7. The van der Waals surface area contributed by atoms with Crippen LogP contribution in [-0.2, 0) is 0 Å². The van der Waals surface area contributed by atoms with E-state index in [0.717, 1.165) is 12.1 Å². The Balaban J connectivity index is 1.65. The van der Waals surface area contributed by atoms with E-state index in [0.29, 0.717) is 39.5 Å². The smallest absolute Gasteiger partial charge is 0.323 e. The summed E-state index contributed by atoms with van der Waals surface area (Å²) in [5, 5.41) is 5.40. The van der Waals surface area contributed by atoms with Crippen molar-refractivity contribution in [3.8, 4) is 0 Å². The van der Waals surface area contributed by atoms with Gasteiger partial charge in [0.25, 0.3) is 0 Å². The van der Waals surface area contributed by atoms with Crippen molar-refractivity contribution in [2.24, 2.45) is 0 Å². The summed E-state index contributed by atoms with van der Waals surface area (Å²) in [5.41, 5.74) is 8.29. The molecule has 2 aromatic carbocycles. The number of nitrogens with zero attached hydrogens (tertiary/aromatic N) is 3. The Morgan fingerprint density at radius 3 is 2.32 bits per heavy atom. The average molecular weight is 464 g/mol. The molecule has 0 bridgehead atoms. The number of ketones is 1. The maximum atomic E-state index is 13.5. The monoisotopic (exact) mass is 464 g/mol. The number of hydrogen-bond acceptors (Lipinski definition) is 5. The highest BCUT2D eigenvalue weighted by Crippen LogP contribution is 2.30. The van der Waals surface area contributed by atoms with Crippen LogP contribution in [0, 0.1) is 18.6 Å². The minimum atomic E-state index is -0.817. The van der Waals surface area contributed by atoms with Crippen LogP contribution in [0.4, 0.5) is 30.8 Å². The van der Waals surface area contributed by atoms with E-state index in [9.17, 15) is 18.4 Å². The van der Waals surface area contributed by atoms with Gasteiger partial charge in [0.05, 0.1) is 10.9 Å². The van der Waals surface area contributed by atoms with E-state index in [1.54, 1.807) is 25.3 Å². The molecule has 2 heterocycles. The molecule has 4 rings (SSSR count). The predicted octanol–water partition coefficient (Wildman–Crippen LogP) is 5.06. The highest BCUT2D eigenvalue weighted by molar-refractivity contribution is 6.19. The first-order valence-electron chi connectivity index (χ1n) is 10.4. The number of halogens is 2. The van der Waals surface area contributed by atoms with Crippen LogP contribution in [-0.4, -0.2) is 26.3 Å². The van der Waals surface area contributed by atoms with Gasteiger partial charge in [0.2, 0.25) is 0 Å². The van der Waals surface area contributed by atoms with Gasteiger partial charge in [-0.05, 0) is 50.6 Å². The normalized spacial score (nSPS) is 11.1. The standard InChI is InChI=1S/C24H22F2N6O2/c1-12(2)32-10-19(20-22(27)28-11-29-23(20)32)21(33)18-9-16(5-4-13(18)3)30-24(34)31-17-7-14(25)6-15(26)8-17/h4-12H,1-3H3,(H2,27,28,29)(H2,30,31,34). The molecule has 0 radical (unpaired) electrons. The third-order valence-electron chi connectivity index (χ3n) is 5.30. The number of carbonyl (C=O) groups is 2. The molecule has 0 aliphatic rings. The highest BCUT2D eigenvalue weighted by atomic mass is 19.1. The molecule has 0 aliphatic carbocycles. The number of amides is 2. The van der Waals surface area contributed by atoms with Crippen molar-refractivity contribution < 1.29 is 18.4 Å². The molecule has 2 amide bonds. The fourth-order valence-electron chi connectivity index (χ4n) is 3.68. The first kappa shape index (κ1) is 22.8. The fraction of sp³-hybridized carbons (Fsp3) is 0.167. The van der Waals surface area contributed by atoms with Crippen molar-refractivity contribution in [1.29, 1.82) is 0 Å². The van der Waals surface area contributed by atoms with E-state index >= 15 is 0 Å². The van der Waals surface area contributed by atoms with Crippen molar-refractivity contribution in [3.05, 3.63) is 77.2 Å². The van der Waals surface area contributed by atoms with E-state index in [2.05, 4.69) is 20.6 Å². The van der Waals surface area contributed by atoms with Crippen LogP contribution in [0.25, 0.3) is 11.0 Å². The molecule has 4 aromatic rings. The number of aryl methyl sites for hydroxylation is 1. The molecule has 4 N–H and O–H groups in total. The Labute approximate surface area is 193 Å². The summed E-state index contributed by atoms with van der Waals surface area (Å²) in [5.74, 6) is -1.74. The second-order valence-electron chi connectivity index (χ2n) is 8.10. The number of urea groups is 1. The SMILES string of the molecule is Cc1ccc(NC(=O)Nc2cc(F)cc(F)c2)cc1C(=O)c1cn(C(C)C)c2ncnc(N)c12. The van der Waals surface area contributed by atoms with Gasteiger partial charge in [0.1, 0.15) is 29.4 Å². The number of carbonyl (C=O) groups excluding carboxylic acids is 2. The van der Waals surface area contributed by atoms with E-state index < -0.39 is 17.7 Å². The van der Waals surface area contributed by atoms with E-state index in [4.69, 9.17) is 5.73 Å². The van der Waals surface area contributed by atoms with Crippen LogP contribution < -0.4 is 16.4 Å². The average Bonchev–Trinajstić information content (AvgIpc) is 3.15. The molecule has 174 valence electrons. The number of nitrogens with one attached hydrogen (secondary N) is 2. The van der Waals surface area contributed by atoms with Crippen molar-refractivity contribution in [1.82, 2.24) is 14.5 Å². The van der Waals surface area contributed by atoms with Crippen LogP contribution in [0.2, 0.25) is 0 Å². The maximum absolute atomic E-state index is 13.5. The molecule has 0 atom stereocenters.